The van der Waals surface area contributed by atoms with Gasteiger partial charge in [-0.05, 0) is 53.8 Å². The lowest BCUT2D eigenvalue weighted by Crippen LogP contribution is -3.09. The molecule has 3 nitrogen and oxygen atoms in total. The Morgan fingerprint density at radius 3 is 2.38 bits per heavy atom. The molecule has 0 bridgehead atoms. The zero-order valence-corrected chi connectivity index (χ0v) is 19.7. The Hall–Kier alpha value is -3.09. The van der Waals surface area contributed by atoms with Gasteiger partial charge in [0.05, 0.1) is 13.1 Å². The molecule has 0 radical (unpaired) electrons. The fraction of sp³-hybridized carbons (Fsp3) is 0.250. The Labute approximate surface area is 201 Å². The van der Waals surface area contributed by atoms with Crippen LogP contribution in [-0.2, 0) is 4.79 Å². The second-order valence-electron chi connectivity index (χ2n) is 9.16. The van der Waals surface area contributed by atoms with Crippen LogP contribution in [0.4, 0.5) is 14.5 Å². The number of carbonyl (C=O) groups is 1. The number of rotatable bonds is 5. The third-order valence-corrected chi connectivity index (χ3v) is 7.89. The van der Waals surface area contributed by atoms with Crippen LogP contribution in [0.5, 0.6) is 0 Å². The second kappa shape index (κ2) is 9.28. The van der Waals surface area contributed by atoms with Gasteiger partial charge in [-0.25, -0.2) is 8.78 Å². The van der Waals surface area contributed by atoms with Crippen molar-refractivity contribution >= 4 is 33.1 Å². The lowest BCUT2D eigenvalue weighted by atomic mass is 9.93. The van der Waals surface area contributed by atoms with Crippen molar-refractivity contribution in [2.45, 2.75) is 26.2 Å². The van der Waals surface area contributed by atoms with Gasteiger partial charge in [0.25, 0.3) is 0 Å². The van der Waals surface area contributed by atoms with Gasteiger partial charge in [-0.15, -0.1) is 11.3 Å². The highest BCUT2D eigenvalue weighted by molar-refractivity contribution is 7.22. The molecule has 1 aromatic heterocycles. The van der Waals surface area contributed by atoms with E-state index in [1.54, 1.807) is 11.3 Å². The third-order valence-electron chi connectivity index (χ3n) is 6.74. The number of hydrogen-bond donors (Lipinski definition) is 2. The summed E-state index contributed by atoms with van der Waals surface area (Å²) in [6.45, 7) is 3.13. The summed E-state index contributed by atoms with van der Waals surface area (Å²) >= 11 is 1.67. The number of carboxylic acids is 1. The molecule has 4 aromatic rings. The number of nitrogens with one attached hydrogen (secondary N) is 1. The summed E-state index contributed by atoms with van der Waals surface area (Å²) in [5.41, 5.74) is 3.72. The van der Waals surface area contributed by atoms with Crippen molar-refractivity contribution in [2.75, 3.05) is 13.1 Å². The molecule has 0 spiro atoms. The van der Waals surface area contributed by atoms with E-state index in [-0.39, 0.29) is 18.0 Å². The van der Waals surface area contributed by atoms with Crippen molar-refractivity contribution < 1.29 is 23.6 Å². The number of aliphatic carboxylic acids is 1. The molecule has 0 atom stereocenters. The molecule has 2 heterocycles. The van der Waals surface area contributed by atoms with Crippen molar-refractivity contribution in [3.05, 3.63) is 77.9 Å². The lowest BCUT2D eigenvalue weighted by Gasteiger charge is -2.28. The molecule has 0 aliphatic carbocycles. The van der Waals surface area contributed by atoms with E-state index in [2.05, 4.69) is 31.2 Å². The van der Waals surface area contributed by atoms with Gasteiger partial charge in [-0.3, -0.25) is 9.69 Å². The number of thiophene rings is 1. The summed E-state index contributed by atoms with van der Waals surface area (Å²) in [5.74, 6) is -1.84. The third kappa shape index (κ3) is 4.48. The van der Waals surface area contributed by atoms with E-state index >= 15 is 8.78 Å². The summed E-state index contributed by atoms with van der Waals surface area (Å²) in [6, 6.07) is 19.2. The monoisotopic (exact) mass is 478 g/mol. The maximum atomic E-state index is 15.3. The van der Waals surface area contributed by atoms with E-state index in [1.165, 1.54) is 17.7 Å². The summed E-state index contributed by atoms with van der Waals surface area (Å²) < 4.78 is 31.6. The molecule has 1 fully saturated rings. The molecule has 0 unspecified atom stereocenters. The summed E-state index contributed by atoms with van der Waals surface area (Å²) in [5, 5.41) is 9.99. The van der Waals surface area contributed by atoms with Gasteiger partial charge in [0.1, 0.15) is 0 Å². The minimum atomic E-state index is -0.816. The molecule has 1 saturated heterocycles. The number of hydrogen-bond acceptors (Lipinski definition) is 2. The van der Waals surface area contributed by atoms with Crippen molar-refractivity contribution in [3.8, 4) is 21.6 Å². The fourth-order valence-electron chi connectivity index (χ4n) is 5.05. The van der Waals surface area contributed by atoms with Gasteiger partial charge in [0, 0.05) is 34.2 Å². The van der Waals surface area contributed by atoms with Crippen LogP contribution in [0, 0.1) is 24.5 Å². The normalized spacial score (nSPS) is 18.3. The first-order valence-electron chi connectivity index (χ1n) is 11.5. The standard InChI is InChI=1S/C28H25F2NO2S/c1-17-4-2-5-19(12-17)26-16-22-21(6-3-7-25(22)34-26)20-14-23(29)28(24(30)15-20)31-10-8-18(9-11-31)13-27(32)33/h2-7,12,14-16,18H,8-11,13H2,1H3,(H,32,33)/p+1. The zero-order valence-electron chi connectivity index (χ0n) is 18.9. The zero-order chi connectivity index (χ0) is 23.8. The number of benzene rings is 3. The smallest absolute Gasteiger partial charge is 0.303 e. The molecule has 6 heteroatoms. The molecular formula is C28H26F2NO2S+. The molecule has 0 amide bonds. The van der Waals surface area contributed by atoms with Crippen molar-refractivity contribution in [1.29, 1.82) is 0 Å². The van der Waals surface area contributed by atoms with Crippen LogP contribution in [0.1, 0.15) is 24.8 Å². The minimum Gasteiger partial charge on any atom is -0.481 e. The SMILES string of the molecule is Cc1cccc(-c2cc3c(-c4cc(F)c([NH+]5CCC(CC(=O)O)CC5)c(F)c4)cccc3s2)c1. The molecule has 1 aliphatic rings. The first kappa shape index (κ1) is 22.7. The first-order chi connectivity index (χ1) is 16.4. The second-order valence-corrected chi connectivity index (χ2v) is 10.2. The van der Waals surface area contributed by atoms with Crippen molar-refractivity contribution in [2.24, 2.45) is 5.92 Å². The van der Waals surface area contributed by atoms with Gasteiger partial charge in [0.15, 0.2) is 11.6 Å². The van der Waals surface area contributed by atoms with Crippen LogP contribution in [0.2, 0.25) is 0 Å². The van der Waals surface area contributed by atoms with Crippen molar-refractivity contribution in [1.82, 2.24) is 0 Å². The topological polar surface area (TPSA) is 41.7 Å². The number of carboxylic acid groups (broad SMARTS) is 1. The van der Waals surface area contributed by atoms with Crippen LogP contribution in [0.25, 0.3) is 31.7 Å². The maximum absolute atomic E-state index is 15.3. The Morgan fingerprint density at radius 1 is 1.00 bits per heavy atom. The fourth-order valence-corrected chi connectivity index (χ4v) is 6.13. The average molecular weight is 479 g/mol. The predicted octanol–water partition coefficient (Wildman–Crippen LogP) is 6.22. The Morgan fingerprint density at radius 2 is 1.71 bits per heavy atom. The van der Waals surface area contributed by atoms with E-state index in [9.17, 15) is 4.79 Å². The summed E-state index contributed by atoms with van der Waals surface area (Å²) in [7, 11) is 0. The molecular weight excluding hydrogens is 452 g/mol. The molecule has 5 rings (SSSR count). The van der Waals surface area contributed by atoms with Crippen LogP contribution in [0.3, 0.4) is 0 Å². The van der Waals surface area contributed by atoms with E-state index in [1.807, 2.05) is 24.3 Å². The van der Waals surface area contributed by atoms with Gasteiger partial charge >= 0.3 is 5.97 Å². The van der Waals surface area contributed by atoms with Crippen LogP contribution < -0.4 is 4.90 Å². The molecule has 0 saturated carbocycles. The molecule has 174 valence electrons. The largest absolute Gasteiger partial charge is 0.481 e. The Bertz CT molecular complexity index is 1350. The van der Waals surface area contributed by atoms with E-state index in [0.717, 1.165) is 31.0 Å². The minimum absolute atomic E-state index is 0.0652. The van der Waals surface area contributed by atoms with Gasteiger partial charge < -0.3 is 5.11 Å². The van der Waals surface area contributed by atoms with Gasteiger partial charge in [-0.2, -0.15) is 0 Å². The predicted molar refractivity (Wildman–Crippen MR) is 133 cm³/mol. The van der Waals surface area contributed by atoms with Gasteiger partial charge in [0.2, 0.25) is 5.69 Å². The lowest BCUT2D eigenvalue weighted by molar-refractivity contribution is -0.842. The number of aryl methyl sites for hydroxylation is 1. The van der Waals surface area contributed by atoms with E-state index < -0.39 is 17.6 Å². The quantitative estimate of drug-likeness (QED) is 0.357. The Balaban J connectivity index is 1.47. The molecule has 34 heavy (non-hydrogen) atoms. The number of piperidine rings is 1. The number of halogens is 2. The maximum Gasteiger partial charge on any atom is 0.303 e. The number of quaternary nitrogens is 1. The average Bonchev–Trinajstić information content (AvgIpc) is 3.24. The molecule has 3 aromatic carbocycles. The summed E-state index contributed by atoms with van der Waals surface area (Å²) in [4.78, 5) is 12.8. The van der Waals surface area contributed by atoms with Crippen LogP contribution >= 0.6 is 11.3 Å². The first-order valence-corrected chi connectivity index (χ1v) is 12.4. The summed E-state index contributed by atoms with van der Waals surface area (Å²) in [6.07, 6.45) is 1.42. The van der Waals surface area contributed by atoms with Crippen LogP contribution in [-0.4, -0.2) is 24.2 Å². The highest BCUT2D eigenvalue weighted by Crippen LogP contribution is 2.39. The molecule has 2 N–H and O–H groups in total. The van der Waals surface area contributed by atoms with Crippen molar-refractivity contribution in [3.63, 3.8) is 0 Å². The van der Waals surface area contributed by atoms with Crippen LogP contribution in [0.15, 0.2) is 60.7 Å². The highest BCUT2D eigenvalue weighted by atomic mass is 32.1. The Kier molecular flexibility index (Phi) is 6.19. The van der Waals surface area contributed by atoms with Gasteiger partial charge in [-0.1, -0.05) is 42.0 Å². The van der Waals surface area contributed by atoms with E-state index in [0.29, 0.717) is 31.5 Å². The van der Waals surface area contributed by atoms with E-state index in [4.69, 9.17) is 5.11 Å². The molecule has 1 aliphatic heterocycles. The highest BCUT2D eigenvalue weighted by Gasteiger charge is 2.30. The number of fused-ring (bicyclic) bond motifs is 1.